The average Bonchev–Trinajstić information content (AvgIpc) is 2.94. The number of aromatic nitrogens is 2. The van der Waals surface area contributed by atoms with Gasteiger partial charge in [0.2, 0.25) is 0 Å². The van der Waals surface area contributed by atoms with Crippen LogP contribution in [0.1, 0.15) is 11.1 Å². The molecule has 1 N–H and O–H groups in total. The van der Waals surface area contributed by atoms with E-state index in [9.17, 15) is 13.2 Å². The summed E-state index contributed by atoms with van der Waals surface area (Å²) in [5, 5.41) is 4.13. The molecular weight excluding hydrogens is 335 g/mol. The maximum absolute atomic E-state index is 12.7. The minimum Gasteiger partial charge on any atom is -0.329 e. The van der Waals surface area contributed by atoms with E-state index in [1.807, 2.05) is 30.3 Å². The van der Waals surface area contributed by atoms with E-state index < -0.39 is 11.7 Å². The number of H-pyrrole nitrogens is 1. The predicted molar refractivity (Wildman–Crippen MR) is 89.5 cm³/mol. The molecule has 3 rings (SSSR count). The van der Waals surface area contributed by atoms with Gasteiger partial charge in [0.1, 0.15) is 0 Å². The van der Waals surface area contributed by atoms with Crippen molar-refractivity contribution in [1.82, 2.24) is 9.66 Å². The Balaban J connectivity index is 1.88. The predicted octanol–water partition coefficient (Wildman–Crippen LogP) is 5.11. The molecule has 0 spiro atoms. The maximum Gasteiger partial charge on any atom is 0.416 e. The third-order valence-electron chi connectivity index (χ3n) is 3.33. The zero-order valence-electron chi connectivity index (χ0n) is 12.3. The van der Waals surface area contributed by atoms with Gasteiger partial charge in [-0.1, -0.05) is 42.5 Å². The molecule has 0 saturated heterocycles. The number of halogens is 3. The summed E-state index contributed by atoms with van der Waals surface area (Å²) >= 11 is 5.19. The van der Waals surface area contributed by atoms with Crippen molar-refractivity contribution < 1.29 is 13.2 Å². The molecule has 0 fully saturated rings. The minimum absolute atomic E-state index is 0.342. The average molecular weight is 347 g/mol. The summed E-state index contributed by atoms with van der Waals surface area (Å²) in [6.45, 7) is 0. The first-order chi connectivity index (χ1) is 11.4. The van der Waals surface area contributed by atoms with Crippen LogP contribution in [0.4, 0.5) is 13.2 Å². The first-order valence-electron chi connectivity index (χ1n) is 7.02. The second-order valence-electron chi connectivity index (χ2n) is 5.05. The molecule has 0 aliphatic carbocycles. The van der Waals surface area contributed by atoms with Crippen molar-refractivity contribution in [3.05, 3.63) is 76.7 Å². The zero-order valence-corrected chi connectivity index (χ0v) is 13.1. The van der Waals surface area contributed by atoms with Gasteiger partial charge in [0, 0.05) is 0 Å². The Bertz CT molecular complexity index is 924. The van der Waals surface area contributed by atoms with Crippen molar-refractivity contribution in [2.75, 3.05) is 0 Å². The number of nitrogens with zero attached hydrogens (tertiary/aromatic N) is 2. The second kappa shape index (κ2) is 6.45. The Kier molecular flexibility index (Phi) is 4.35. The van der Waals surface area contributed by atoms with Crippen molar-refractivity contribution >= 4 is 18.4 Å². The van der Waals surface area contributed by atoms with E-state index in [0.717, 1.165) is 23.4 Å². The highest BCUT2D eigenvalue weighted by atomic mass is 32.1. The molecule has 0 aliphatic rings. The molecule has 3 nitrogen and oxygen atoms in total. The van der Waals surface area contributed by atoms with Crippen LogP contribution in [0.25, 0.3) is 11.3 Å². The summed E-state index contributed by atoms with van der Waals surface area (Å²) in [5.41, 5.74) is 1.35. The number of aromatic amines is 1. The Morgan fingerprint density at radius 2 is 1.79 bits per heavy atom. The van der Waals surface area contributed by atoms with E-state index >= 15 is 0 Å². The van der Waals surface area contributed by atoms with Crippen LogP contribution in [0.2, 0.25) is 0 Å². The van der Waals surface area contributed by atoms with Crippen LogP contribution in [0, 0.1) is 4.77 Å². The summed E-state index contributed by atoms with van der Waals surface area (Å²) in [7, 11) is 0. The summed E-state index contributed by atoms with van der Waals surface area (Å²) in [6, 6.07) is 14.5. The fourth-order valence-corrected chi connectivity index (χ4v) is 2.37. The molecule has 0 unspecified atom stereocenters. The highest BCUT2D eigenvalue weighted by Crippen LogP contribution is 2.29. The molecule has 0 aliphatic heterocycles. The van der Waals surface area contributed by atoms with Crippen LogP contribution in [0.3, 0.4) is 0 Å². The maximum atomic E-state index is 12.7. The molecule has 3 aromatic rings. The highest BCUT2D eigenvalue weighted by molar-refractivity contribution is 7.71. The summed E-state index contributed by atoms with van der Waals surface area (Å²) in [4.78, 5) is 3.02. The van der Waals surface area contributed by atoms with Crippen LogP contribution in [-0.4, -0.2) is 15.9 Å². The minimum atomic E-state index is -4.38. The van der Waals surface area contributed by atoms with Gasteiger partial charge in [-0.25, -0.2) is 4.68 Å². The summed E-state index contributed by atoms with van der Waals surface area (Å²) < 4.78 is 39.9. The molecule has 1 heterocycles. The van der Waals surface area contributed by atoms with Crippen molar-refractivity contribution in [3.63, 3.8) is 0 Å². The second-order valence-corrected chi connectivity index (χ2v) is 5.44. The van der Waals surface area contributed by atoms with Crippen molar-refractivity contribution in [3.8, 4) is 11.3 Å². The molecule has 24 heavy (non-hydrogen) atoms. The molecule has 1 aromatic heterocycles. The standard InChI is InChI=1S/C17H12F3N3S/c18-17(19,20)14-8-4-5-12(9-14)10-21-23-11-15(22-16(23)24)13-6-2-1-3-7-13/h1-11H,(H,22,24). The van der Waals surface area contributed by atoms with Gasteiger partial charge >= 0.3 is 6.18 Å². The lowest BCUT2D eigenvalue weighted by Crippen LogP contribution is -2.05. The largest absolute Gasteiger partial charge is 0.416 e. The zero-order chi connectivity index (χ0) is 17.2. The monoisotopic (exact) mass is 347 g/mol. The molecule has 2 aromatic carbocycles. The molecule has 122 valence electrons. The van der Waals surface area contributed by atoms with Gasteiger partial charge in [0.15, 0.2) is 4.77 Å². The Morgan fingerprint density at radius 3 is 2.50 bits per heavy atom. The lowest BCUT2D eigenvalue weighted by atomic mass is 10.1. The quantitative estimate of drug-likeness (QED) is 0.518. The number of imidazole rings is 1. The number of rotatable bonds is 3. The summed E-state index contributed by atoms with van der Waals surface area (Å²) in [6.07, 6.45) is -1.34. The van der Waals surface area contributed by atoms with Gasteiger partial charge in [-0.3, -0.25) is 0 Å². The number of benzene rings is 2. The molecule has 7 heteroatoms. The number of alkyl halides is 3. The smallest absolute Gasteiger partial charge is 0.329 e. The van der Waals surface area contributed by atoms with Crippen LogP contribution < -0.4 is 0 Å². The van der Waals surface area contributed by atoms with Gasteiger partial charge in [-0.15, -0.1) is 0 Å². The SMILES string of the molecule is FC(F)(F)c1cccc(C=Nn2cc(-c3ccccc3)[nH]c2=S)c1. The van der Waals surface area contributed by atoms with Gasteiger partial charge in [-0.05, 0) is 35.5 Å². The normalized spacial score (nSPS) is 12.0. The molecule has 0 bridgehead atoms. The van der Waals surface area contributed by atoms with Crippen LogP contribution in [0.5, 0.6) is 0 Å². The highest BCUT2D eigenvalue weighted by Gasteiger charge is 2.30. The number of nitrogens with one attached hydrogen (secondary N) is 1. The van der Waals surface area contributed by atoms with Crippen LogP contribution in [0.15, 0.2) is 65.9 Å². The van der Waals surface area contributed by atoms with Crippen molar-refractivity contribution in [2.24, 2.45) is 5.10 Å². The third kappa shape index (κ3) is 3.62. The Morgan fingerprint density at radius 1 is 1.04 bits per heavy atom. The van der Waals surface area contributed by atoms with Gasteiger partial charge in [0.25, 0.3) is 0 Å². The lowest BCUT2D eigenvalue weighted by molar-refractivity contribution is -0.137. The third-order valence-corrected chi connectivity index (χ3v) is 3.62. The van der Waals surface area contributed by atoms with Gasteiger partial charge in [0.05, 0.1) is 23.7 Å². The fraction of sp³-hybridized carbons (Fsp3) is 0.0588. The van der Waals surface area contributed by atoms with Crippen LogP contribution >= 0.6 is 12.2 Å². The Labute approximate surface area is 141 Å². The molecular formula is C17H12F3N3S. The van der Waals surface area contributed by atoms with E-state index in [1.54, 1.807) is 12.3 Å². The lowest BCUT2D eigenvalue weighted by Gasteiger charge is -2.06. The Hall–Kier alpha value is -2.67. The van der Waals surface area contributed by atoms with Gasteiger partial charge in [-0.2, -0.15) is 18.3 Å². The van der Waals surface area contributed by atoms with Crippen molar-refractivity contribution in [2.45, 2.75) is 6.18 Å². The van der Waals surface area contributed by atoms with E-state index in [2.05, 4.69) is 10.1 Å². The van der Waals surface area contributed by atoms with E-state index in [4.69, 9.17) is 12.2 Å². The first kappa shape index (κ1) is 16.2. The topological polar surface area (TPSA) is 33.1 Å². The molecule has 0 saturated carbocycles. The molecule has 0 radical (unpaired) electrons. The van der Waals surface area contributed by atoms with E-state index in [0.29, 0.717) is 10.3 Å². The molecule has 0 atom stereocenters. The molecule has 0 amide bonds. The van der Waals surface area contributed by atoms with Crippen LogP contribution in [-0.2, 0) is 6.18 Å². The fourth-order valence-electron chi connectivity index (χ4n) is 2.16. The van der Waals surface area contributed by atoms with Gasteiger partial charge < -0.3 is 4.98 Å². The summed E-state index contributed by atoms with van der Waals surface area (Å²) in [5.74, 6) is 0. The van der Waals surface area contributed by atoms with Crippen molar-refractivity contribution in [1.29, 1.82) is 0 Å². The number of hydrogen-bond acceptors (Lipinski definition) is 2. The van der Waals surface area contributed by atoms with E-state index in [-0.39, 0.29) is 0 Å². The van der Waals surface area contributed by atoms with E-state index in [1.165, 1.54) is 17.0 Å². The first-order valence-corrected chi connectivity index (χ1v) is 7.43. The number of hydrogen-bond donors (Lipinski definition) is 1.